The molecular formula is C13H14ClNOS. The fourth-order valence-electron chi connectivity index (χ4n) is 1.62. The van der Waals surface area contributed by atoms with Crippen LogP contribution in [0.3, 0.4) is 0 Å². The summed E-state index contributed by atoms with van der Waals surface area (Å²) in [5.74, 6) is 0. The lowest BCUT2D eigenvalue weighted by atomic mass is 10.2. The second kappa shape index (κ2) is 5.54. The second-order valence-corrected chi connectivity index (χ2v) is 5.69. The molecule has 1 heterocycles. The van der Waals surface area contributed by atoms with Gasteiger partial charge < -0.3 is 10.0 Å². The molecular weight excluding hydrogens is 254 g/mol. The van der Waals surface area contributed by atoms with Crippen molar-refractivity contribution in [2.45, 2.75) is 13.2 Å². The number of hydrogen-bond donors (Lipinski definition) is 1. The smallest absolute Gasteiger partial charge is 0.0931 e. The predicted octanol–water partition coefficient (Wildman–Crippen LogP) is 3.53. The lowest BCUT2D eigenvalue weighted by Gasteiger charge is -2.18. The van der Waals surface area contributed by atoms with Crippen molar-refractivity contribution in [2.75, 3.05) is 11.9 Å². The molecule has 1 aromatic carbocycles. The van der Waals surface area contributed by atoms with Gasteiger partial charge in [0.05, 0.1) is 17.5 Å². The Morgan fingerprint density at radius 3 is 2.41 bits per heavy atom. The SMILES string of the molecule is CN(Cc1ccc(Cl)s1)c1ccc(CO)cc1. The highest BCUT2D eigenvalue weighted by Crippen LogP contribution is 2.24. The number of nitrogens with zero attached hydrogens (tertiary/aromatic N) is 1. The summed E-state index contributed by atoms with van der Waals surface area (Å²) in [5.41, 5.74) is 2.06. The summed E-state index contributed by atoms with van der Waals surface area (Å²) >= 11 is 7.50. The summed E-state index contributed by atoms with van der Waals surface area (Å²) in [6.07, 6.45) is 0. The number of hydrogen-bond acceptors (Lipinski definition) is 3. The van der Waals surface area contributed by atoms with Gasteiger partial charge in [-0.2, -0.15) is 0 Å². The Bertz CT molecular complexity index is 480. The molecule has 17 heavy (non-hydrogen) atoms. The van der Waals surface area contributed by atoms with Crippen LogP contribution < -0.4 is 4.90 Å². The number of rotatable bonds is 4. The molecule has 90 valence electrons. The minimum absolute atomic E-state index is 0.0878. The topological polar surface area (TPSA) is 23.5 Å². The van der Waals surface area contributed by atoms with Crippen molar-refractivity contribution >= 4 is 28.6 Å². The van der Waals surface area contributed by atoms with Gasteiger partial charge in [0.15, 0.2) is 0 Å². The Balaban J connectivity index is 2.06. The zero-order chi connectivity index (χ0) is 12.3. The van der Waals surface area contributed by atoms with Crippen LogP contribution in [-0.4, -0.2) is 12.2 Å². The van der Waals surface area contributed by atoms with Crippen molar-refractivity contribution in [3.63, 3.8) is 0 Å². The van der Waals surface area contributed by atoms with E-state index in [2.05, 4.69) is 4.90 Å². The van der Waals surface area contributed by atoms with E-state index < -0.39 is 0 Å². The van der Waals surface area contributed by atoms with Crippen LogP contribution in [0.25, 0.3) is 0 Å². The summed E-state index contributed by atoms with van der Waals surface area (Å²) in [5, 5.41) is 8.98. The standard InChI is InChI=1S/C13H14ClNOS/c1-15(8-12-6-7-13(14)17-12)11-4-2-10(9-16)3-5-11/h2-7,16H,8-9H2,1H3. The molecule has 0 aliphatic rings. The van der Waals surface area contributed by atoms with E-state index >= 15 is 0 Å². The molecule has 0 bridgehead atoms. The molecule has 4 heteroatoms. The van der Waals surface area contributed by atoms with Crippen molar-refractivity contribution < 1.29 is 5.11 Å². The van der Waals surface area contributed by atoms with Gasteiger partial charge in [-0.25, -0.2) is 0 Å². The van der Waals surface area contributed by atoms with Crippen molar-refractivity contribution in [3.05, 3.63) is 51.2 Å². The molecule has 0 saturated carbocycles. The molecule has 0 aliphatic heterocycles. The van der Waals surface area contributed by atoms with Gasteiger partial charge in [-0.15, -0.1) is 11.3 Å². The Labute approximate surface area is 110 Å². The highest BCUT2D eigenvalue weighted by Gasteiger charge is 2.04. The summed E-state index contributed by atoms with van der Waals surface area (Å²) in [7, 11) is 2.04. The number of benzene rings is 1. The second-order valence-electron chi connectivity index (χ2n) is 3.89. The van der Waals surface area contributed by atoms with Gasteiger partial charge in [0, 0.05) is 17.6 Å². The van der Waals surface area contributed by atoms with Gasteiger partial charge in [0.1, 0.15) is 0 Å². The Morgan fingerprint density at radius 1 is 1.18 bits per heavy atom. The molecule has 2 rings (SSSR count). The van der Waals surface area contributed by atoms with Crippen LogP contribution in [0.1, 0.15) is 10.4 Å². The number of thiophene rings is 1. The zero-order valence-corrected chi connectivity index (χ0v) is 11.1. The molecule has 1 aromatic heterocycles. The van der Waals surface area contributed by atoms with Gasteiger partial charge in [0.2, 0.25) is 0 Å². The molecule has 2 aromatic rings. The van der Waals surface area contributed by atoms with Crippen LogP contribution in [0.4, 0.5) is 5.69 Å². The molecule has 0 spiro atoms. The predicted molar refractivity (Wildman–Crippen MR) is 73.8 cm³/mol. The van der Waals surface area contributed by atoms with E-state index in [1.807, 2.05) is 43.4 Å². The van der Waals surface area contributed by atoms with E-state index in [0.29, 0.717) is 0 Å². The summed E-state index contributed by atoms with van der Waals surface area (Å²) < 4.78 is 0.823. The van der Waals surface area contributed by atoms with E-state index in [1.54, 1.807) is 11.3 Å². The molecule has 1 N–H and O–H groups in total. The van der Waals surface area contributed by atoms with Crippen molar-refractivity contribution in [2.24, 2.45) is 0 Å². The highest BCUT2D eigenvalue weighted by atomic mass is 35.5. The van der Waals surface area contributed by atoms with Gasteiger partial charge in [-0.1, -0.05) is 23.7 Å². The van der Waals surface area contributed by atoms with Crippen LogP contribution >= 0.6 is 22.9 Å². The Kier molecular flexibility index (Phi) is 4.05. The van der Waals surface area contributed by atoms with Crippen LogP contribution in [0, 0.1) is 0 Å². The minimum Gasteiger partial charge on any atom is -0.392 e. The average Bonchev–Trinajstić information content (AvgIpc) is 2.75. The van der Waals surface area contributed by atoms with Gasteiger partial charge >= 0.3 is 0 Å². The molecule has 0 radical (unpaired) electrons. The van der Waals surface area contributed by atoms with Gasteiger partial charge in [-0.3, -0.25) is 0 Å². The monoisotopic (exact) mass is 267 g/mol. The lowest BCUT2D eigenvalue weighted by Crippen LogP contribution is -2.15. The third-order valence-corrected chi connectivity index (χ3v) is 3.80. The first kappa shape index (κ1) is 12.4. The van der Waals surface area contributed by atoms with Crippen molar-refractivity contribution in [1.29, 1.82) is 0 Å². The van der Waals surface area contributed by atoms with E-state index in [0.717, 1.165) is 22.1 Å². The summed E-state index contributed by atoms with van der Waals surface area (Å²) in [6.45, 7) is 0.931. The van der Waals surface area contributed by atoms with Crippen molar-refractivity contribution in [1.82, 2.24) is 0 Å². The Hall–Kier alpha value is -1.03. The summed E-state index contributed by atoms with van der Waals surface area (Å²) in [6, 6.07) is 11.9. The van der Waals surface area contributed by atoms with Gasteiger partial charge in [0.25, 0.3) is 0 Å². The number of aliphatic hydroxyl groups is 1. The van der Waals surface area contributed by atoms with Crippen LogP contribution in [0.5, 0.6) is 0 Å². The van der Waals surface area contributed by atoms with E-state index in [1.165, 1.54) is 4.88 Å². The first-order valence-electron chi connectivity index (χ1n) is 5.34. The van der Waals surface area contributed by atoms with Crippen LogP contribution in [-0.2, 0) is 13.2 Å². The number of aliphatic hydroxyl groups excluding tert-OH is 1. The molecule has 0 saturated heterocycles. The molecule has 0 aliphatic carbocycles. The first-order valence-corrected chi connectivity index (χ1v) is 6.53. The normalized spacial score (nSPS) is 10.5. The number of halogens is 1. The van der Waals surface area contributed by atoms with E-state index in [4.69, 9.17) is 16.7 Å². The number of anilines is 1. The maximum absolute atomic E-state index is 8.98. The summed E-state index contributed by atoms with van der Waals surface area (Å²) in [4.78, 5) is 3.40. The molecule has 0 unspecified atom stereocenters. The fourth-order valence-corrected chi connectivity index (χ4v) is 2.76. The van der Waals surface area contributed by atoms with E-state index in [9.17, 15) is 0 Å². The van der Waals surface area contributed by atoms with Crippen LogP contribution in [0.2, 0.25) is 4.34 Å². The quantitative estimate of drug-likeness (QED) is 0.916. The van der Waals surface area contributed by atoms with Gasteiger partial charge in [-0.05, 0) is 29.8 Å². The molecule has 0 atom stereocenters. The fraction of sp³-hybridized carbons (Fsp3) is 0.231. The largest absolute Gasteiger partial charge is 0.392 e. The lowest BCUT2D eigenvalue weighted by molar-refractivity contribution is 0.282. The maximum atomic E-state index is 8.98. The zero-order valence-electron chi connectivity index (χ0n) is 9.56. The molecule has 0 amide bonds. The van der Waals surface area contributed by atoms with Crippen LogP contribution in [0.15, 0.2) is 36.4 Å². The molecule has 2 nitrogen and oxygen atoms in total. The molecule has 0 fully saturated rings. The third kappa shape index (κ3) is 3.22. The average molecular weight is 268 g/mol. The Morgan fingerprint density at radius 2 is 1.88 bits per heavy atom. The van der Waals surface area contributed by atoms with E-state index in [-0.39, 0.29) is 6.61 Å². The van der Waals surface area contributed by atoms with Crippen molar-refractivity contribution in [3.8, 4) is 0 Å². The highest BCUT2D eigenvalue weighted by molar-refractivity contribution is 7.16. The first-order chi connectivity index (χ1) is 8.19. The third-order valence-electron chi connectivity index (χ3n) is 2.58. The minimum atomic E-state index is 0.0878. The maximum Gasteiger partial charge on any atom is 0.0931 e.